The Labute approximate surface area is 116 Å². The summed E-state index contributed by atoms with van der Waals surface area (Å²) in [6, 6.07) is 13.1. The highest BCUT2D eigenvalue weighted by Gasteiger charge is 2.12. The zero-order valence-electron chi connectivity index (χ0n) is 12.5. The fourth-order valence-electron chi connectivity index (χ4n) is 2.41. The molecule has 0 radical (unpaired) electrons. The molecule has 0 unspecified atom stereocenters. The lowest BCUT2D eigenvalue weighted by atomic mass is 10.0. The number of hydrogen-bond acceptors (Lipinski definition) is 0. The Morgan fingerprint density at radius 3 is 2.42 bits per heavy atom. The molecule has 0 aliphatic heterocycles. The largest absolute Gasteiger partial charge is 0.212 e. The summed E-state index contributed by atoms with van der Waals surface area (Å²) >= 11 is 0. The van der Waals surface area contributed by atoms with Crippen molar-refractivity contribution in [2.24, 2.45) is 13.0 Å². The predicted octanol–water partition coefficient (Wildman–Crippen LogP) is 4.08. The van der Waals surface area contributed by atoms with Crippen LogP contribution in [0.5, 0.6) is 0 Å². The van der Waals surface area contributed by atoms with E-state index in [1.165, 1.54) is 35.2 Å². The first-order chi connectivity index (χ1) is 9.08. The van der Waals surface area contributed by atoms with Gasteiger partial charge in [0.2, 0.25) is 5.69 Å². The van der Waals surface area contributed by atoms with Crippen molar-refractivity contribution in [1.82, 2.24) is 0 Å². The van der Waals surface area contributed by atoms with E-state index in [0.717, 1.165) is 5.92 Å². The molecule has 1 aromatic heterocycles. The fraction of sp³-hybridized carbons (Fsp3) is 0.389. The molecule has 0 saturated heterocycles. The number of aryl methyl sites for hydroxylation is 3. The quantitative estimate of drug-likeness (QED) is 0.724. The molecule has 0 saturated carbocycles. The average Bonchev–Trinajstić information content (AvgIpc) is 2.38. The Morgan fingerprint density at radius 1 is 1.05 bits per heavy atom. The minimum absolute atomic E-state index is 0.765. The molecule has 1 heterocycles. The molecule has 0 bridgehead atoms. The van der Waals surface area contributed by atoms with Crippen molar-refractivity contribution in [3.05, 3.63) is 53.7 Å². The van der Waals surface area contributed by atoms with Crippen LogP contribution in [0.4, 0.5) is 0 Å². The molecule has 0 amide bonds. The van der Waals surface area contributed by atoms with Crippen molar-refractivity contribution in [3.63, 3.8) is 0 Å². The van der Waals surface area contributed by atoms with Gasteiger partial charge in [-0.15, -0.1) is 0 Å². The lowest BCUT2D eigenvalue weighted by Gasteiger charge is -2.07. The molecule has 2 aromatic rings. The zero-order chi connectivity index (χ0) is 13.8. The molecular weight excluding hydrogens is 230 g/mol. The molecule has 1 nitrogen and oxygen atoms in total. The van der Waals surface area contributed by atoms with Gasteiger partial charge in [0.1, 0.15) is 7.05 Å². The predicted molar refractivity (Wildman–Crippen MR) is 81.0 cm³/mol. The van der Waals surface area contributed by atoms with Crippen LogP contribution in [0.15, 0.2) is 42.6 Å². The standard InChI is InChI=1S/C18H24N/c1-14(2)9-10-16-11-12-18(19(4)13-16)17-8-6-5-7-15(17)3/h5-8,11-14H,9-10H2,1-4H3/q+1. The van der Waals surface area contributed by atoms with E-state index < -0.39 is 0 Å². The van der Waals surface area contributed by atoms with Crippen molar-refractivity contribution in [3.8, 4) is 11.3 Å². The molecule has 0 fully saturated rings. The van der Waals surface area contributed by atoms with E-state index in [4.69, 9.17) is 0 Å². The summed E-state index contributed by atoms with van der Waals surface area (Å²) in [7, 11) is 2.14. The van der Waals surface area contributed by atoms with E-state index >= 15 is 0 Å². The van der Waals surface area contributed by atoms with Crippen molar-refractivity contribution in [2.75, 3.05) is 0 Å². The summed E-state index contributed by atoms with van der Waals surface area (Å²) in [5.41, 5.74) is 5.35. The van der Waals surface area contributed by atoms with Gasteiger partial charge in [0.25, 0.3) is 0 Å². The Morgan fingerprint density at radius 2 is 1.79 bits per heavy atom. The first-order valence-electron chi connectivity index (χ1n) is 7.12. The molecular formula is C18H24N+. The summed E-state index contributed by atoms with van der Waals surface area (Å²) in [5.74, 6) is 0.765. The normalized spacial score (nSPS) is 11.0. The minimum atomic E-state index is 0.765. The van der Waals surface area contributed by atoms with Crippen LogP contribution in [0.25, 0.3) is 11.3 Å². The maximum absolute atomic E-state index is 2.28. The number of hydrogen-bond donors (Lipinski definition) is 0. The Hall–Kier alpha value is -1.63. The second kappa shape index (κ2) is 6.01. The van der Waals surface area contributed by atoms with Gasteiger partial charge in [-0.2, -0.15) is 0 Å². The molecule has 0 aliphatic rings. The van der Waals surface area contributed by atoms with Crippen LogP contribution in [0.2, 0.25) is 0 Å². The number of rotatable bonds is 4. The van der Waals surface area contributed by atoms with E-state index in [2.05, 4.69) is 75.0 Å². The van der Waals surface area contributed by atoms with Gasteiger partial charge in [-0.25, -0.2) is 4.57 Å². The maximum atomic E-state index is 2.28. The maximum Gasteiger partial charge on any atom is 0.212 e. The van der Waals surface area contributed by atoms with Crippen LogP contribution >= 0.6 is 0 Å². The fourth-order valence-corrected chi connectivity index (χ4v) is 2.41. The first-order valence-corrected chi connectivity index (χ1v) is 7.12. The molecule has 0 N–H and O–H groups in total. The third-order valence-corrected chi connectivity index (χ3v) is 3.63. The number of pyridine rings is 1. The molecule has 1 aromatic carbocycles. The molecule has 100 valence electrons. The second-order valence-electron chi connectivity index (χ2n) is 5.78. The Balaban J connectivity index is 2.27. The summed E-state index contributed by atoms with van der Waals surface area (Å²) in [6.45, 7) is 6.73. The Kier molecular flexibility index (Phi) is 4.36. The van der Waals surface area contributed by atoms with Gasteiger partial charge in [-0.3, -0.25) is 0 Å². The summed E-state index contributed by atoms with van der Waals surface area (Å²) < 4.78 is 2.25. The van der Waals surface area contributed by atoms with E-state index in [9.17, 15) is 0 Å². The first kappa shape index (κ1) is 13.8. The number of benzene rings is 1. The highest BCUT2D eigenvalue weighted by atomic mass is 14.9. The van der Waals surface area contributed by atoms with Crippen molar-refractivity contribution >= 4 is 0 Å². The van der Waals surface area contributed by atoms with E-state index in [-0.39, 0.29) is 0 Å². The summed E-state index contributed by atoms with van der Waals surface area (Å²) in [4.78, 5) is 0. The van der Waals surface area contributed by atoms with Crippen molar-refractivity contribution in [2.45, 2.75) is 33.6 Å². The molecule has 19 heavy (non-hydrogen) atoms. The molecule has 0 aliphatic carbocycles. The van der Waals surface area contributed by atoms with E-state index in [1.54, 1.807) is 0 Å². The van der Waals surface area contributed by atoms with Crippen LogP contribution in [-0.2, 0) is 13.5 Å². The SMILES string of the molecule is Cc1ccccc1-c1ccc(CCC(C)C)c[n+]1C. The number of nitrogens with zero attached hydrogens (tertiary/aromatic N) is 1. The summed E-state index contributed by atoms with van der Waals surface area (Å²) in [6.07, 6.45) is 4.69. The minimum Gasteiger partial charge on any atom is -0.201 e. The van der Waals surface area contributed by atoms with Gasteiger partial charge in [-0.1, -0.05) is 32.0 Å². The smallest absolute Gasteiger partial charge is 0.201 e. The van der Waals surface area contributed by atoms with Gasteiger partial charge < -0.3 is 0 Å². The highest BCUT2D eigenvalue weighted by molar-refractivity contribution is 5.60. The lowest BCUT2D eigenvalue weighted by molar-refractivity contribution is -0.660. The van der Waals surface area contributed by atoms with Gasteiger partial charge in [-0.05, 0) is 43.4 Å². The number of aromatic nitrogens is 1. The third kappa shape index (κ3) is 3.44. The molecule has 0 atom stereocenters. The highest BCUT2D eigenvalue weighted by Crippen LogP contribution is 2.20. The topological polar surface area (TPSA) is 3.88 Å². The van der Waals surface area contributed by atoms with Crippen LogP contribution < -0.4 is 4.57 Å². The third-order valence-electron chi connectivity index (χ3n) is 3.63. The van der Waals surface area contributed by atoms with Crippen molar-refractivity contribution < 1.29 is 4.57 Å². The van der Waals surface area contributed by atoms with Gasteiger partial charge in [0, 0.05) is 17.2 Å². The molecule has 1 heteroatoms. The Bertz CT molecular complexity index is 555. The van der Waals surface area contributed by atoms with E-state index in [1.807, 2.05) is 0 Å². The van der Waals surface area contributed by atoms with Crippen LogP contribution in [0.3, 0.4) is 0 Å². The van der Waals surface area contributed by atoms with Gasteiger partial charge in [0.05, 0.1) is 0 Å². The van der Waals surface area contributed by atoms with Crippen LogP contribution in [0.1, 0.15) is 31.4 Å². The van der Waals surface area contributed by atoms with Gasteiger partial charge >= 0.3 is 0 Å². The second-order valence-corrected chi connectivity index (χ2v) is 5.78. The molecule has 2 rings (SSSR count). The molecule has 0 spiro atoms. The summed E-state index contributed by atoms with van der Waals surface area (Å²) in [5, 5.41) is 0. The van der Waals surface area contributed by atoms with E-state index in [0.29, 0.717) is 0 Å². The van der Waals surface area contributed by atoms with Gasteiger partial charge in [0.15, 0.2) is 6.20 Å². The van der Waals surface area contributed by atoms with Crippen LogP contribution in [-0.4, -0.2) is 0 Å². The van der Waals surface area contributed by atoms with Crippen LogP contribution in [0, 0.1) is 12.8 Å². The van der Waals surface area contributed by atoms with Crippen molar-refractivity contribution in [1.29, 1.82) is 0 Å². The monoisotopic (exact) mass is 254 g/mol. The zero-order valence-corrected chi connectivity index (χ0v) is 12.5. The lowest BCUT2D eigenvalue weighted by Crippen LogP contribution is -2.31. The average molecular weight is 254 g/mol.